The SMILES string of the molecule is CC.CC(=O)CCCOC(=O)CN. The van der Waals surface area contributed by atoms with E-state index in [1.54, 1.807) is 0 Å². The zero-order valence-corrected chi connectivity index (χ0v) is 8.63. The second-order valence-electron chi connectivity index (χ2n) is 2.23. The fraction of sp³-hybridized carbons (Fsp3) is 0.778. The Morgan fingerprint density at radius 2 is 1.85 bits per heavy atom. The lowest BCUT2D eigenvalue weighted by atomic mass is 10.2. The summed E-state index contributed by atoms with van der Waals surface area (Å²) in [6.45, 7) is 5.69. The van der Waals surface area contributed by atoms with Gasteiger partial charge in [-0.05, 0) is 13.3 Å². The van der Waals surface area contributed by atoms with Gasteiger partial charge in [0, 0.05) is 6.42 Å². The molecule has 0 saturated heterocycles. The Morgan fingerprint density at radius 3 is 2.23 bits per heavy atom. The van der Waals surface area contributed by atoms with Gasteiger partial charge in [0.05, 0.1) is 13.2 Å². The summed E-state index contributed by atoms with van der Waals surface area (Å²) in [4.78, 5) is 20.8. The molecule has 0 aromatic rings. The Labute approximate surface area is 79.4 Å². The van der Waals surface area contributed by atoms with E-state index in [-0.39, 0.29) is 18.9 Å². The summed E-state index contributed by atoms with van der Waals surface area (Å²) in [5.74, 6) is -0.317. The summed E-state index contributed by atoms with van der Waals surface area (Å²) in [7, 11) is 0. The maximum atomic E-state index is 10.4. The van der Waals surface area contributed by atoms with Gasteiger partial charge in [0.15, 0.2) is 0 Å². The van der Waals surface area contributed by atoms with Crippen LogP contribution in [-0.4, -0.2) is 24.9 Å². The first kappa shape index (κ1) is 14.6. The first-order valence-corrected chi connectivity index (χ1v) is 4.52. The van der Waals surface area contributed by atoms with Crippen molar-refractivity contribution < 1.29 is 14.3 Å². The number of rotatable bonds is 5. The average Bonchev–Trinajstić information content (AvgIpc) is 2.15. The van der Waals surface area contributed by atoms with E-state index in [0.29, 0.717) is 12.8 Å². The van der Waals surface area contributed by atoms with Crippen molar-refractivity contribution in [2.24, 2.45) is 5.73 Å². The number of nitrogens with two attached hydrogens (primary N) is 1. The molecule has 0 rings (SSSR count). The van der Waals surface area contributed by atoms with Crippen molar-refractivity contribution in [2.45, 2.75) is 33.6 Å². The summed E-state index contributed by atoms with van der Waals surface area (Å²) in [6, 6.07) is 0. The van der Waals surface area contributed by atoms with Gasteiger partial charge in [0.25, 0.3) is 0 Å². The van der Waals surface area contributed by atoms with Crippen LogP contribution in [-0.2, 0) is 14.3 Å². The fourth-order valence-electron chi connectivity index (χ4n) is 0.566. The molecule has 0 aromatic heterocycles. The molecule has 4 heteroatoms. The molecule has 2 N–H and O–H groups in total. The molecule has 0 aliphatic rings. The molecule has 78 valence electrons. The minimum atomic E-state index is -0.423. The fourth-order valence-corrected chi connectivity index (χ4v) is 0.566. The molecule has 0 amide bonds. The normalized spacial score (nSPS) is 8.31. The van der Waals surface area contributed by atoms with Gasteiger partial charge in [-0.1, -0.05) is 13.8 Å². The highest BCUT2D eigenvalue weighted by molar-refractivity contribution is 5.75. The Bertz CT molecular complexity index is 146. The van der Waals surface area contributed by atoms with E-state index < -0.39 is 5.97 Å². The monoisotopic (exact) mass is 189 g/mol. The minimum absolute atomic E-state index is 0.0972. The molecule has 4 nitrogen and oxygen atoms in total. The molecule has 0 spiro atoms. The van der Waals surface area contributed by atoms with Gasteiger partial charge < -0.3 is 15.3 Å². The van der Waals surface area contributed by atoms with E-state index in [4.69, 9.17) is 5.73 Å². The molecular formula is C9H19NO3. The minimum Gasteiger partial charge on any atom is -0.465 e. The van der Waals surface area contributed by atoms with Crippen LogP contribution in [0.25, 0.3) is 0 Å². The molecule has 0 radical (unpaired) electrons. The van der Waals surface area contributed by atoms with Crippen LogP contribution >= 0.6 is 0 Å². The van der Waals surface area contributed by atoms with Crippen LogP contribution in [0.15, 0.2) is 0 Å². The van der Waals surface area contributed by atoms with Crippen LogP contribution in [0.2, 0.25) is 0 Å². The van der Waals surface area contributed by atoms with Gasteiger partial charge in [-0.2, -0.15) is 0 Å². The summed E-state index contributed by atoms with van der Waals surface area (Å²) < 4.78 is 4.63. The largest absolute Gasteiger partial charge is 0.465 e. The Balaban J connectivity index is 0. The Hall–Kier alpha value is -0.900. The number of ketones is 1. The Morgan fingerprint density at radius 1 is 1.31 bits per heavy atom. The lowest BCUT2D eigenvalue weighted by molar-refractivity contribution is -0.142. The van der Waals surface area contributed by atoms with Crippen molar-refractivity contribution in [2.75, 3.05) is 13.2 Å². The van der Waals surface area contributed by atoms with Gasteiger partial charge in [-0.3, -0.25) is 4.79 Å². The van der Waals surface area contributed by atoms with Gasteiger partial charge in [0.1, 0.15) is 5.78 Å². The van der Waals surface area contributed by atoms with Crippen molar-refractivity contribution in [1.82, 2.24) is 0 Å². The molecule has 13 heavy (non-hydrogen) atoms. The van der Waals surface area contributed by atoms with Crippen LogP contribution in [0.3, 0.4) is 0 Å². The van der Waals surface area contributed by atoms with E-state index in [0.717, 1.165) is 0 Å². The lowest BCUT2D eigenvalue weighted by Crippen LogP contribution is -2.17. The molecule has 0 aliphatic carbocycles. The van der Waals surface area contributed by atoms with Crippen LogP contribution in [0.1, 0.15) is 33.6 Å². The molecule has 0 saturated carbocycles. The number of carbonyl (C=O) groups is 2. The summed E-state index contributed by atoms with van der Waals surface area (Å²) in [5.41, 5.74) is 4.97. The van der Waals surface area contributed by atoms with Gasteiger partial charge >= 0.3 is 5.97 Å². The number of ether oxygens (including phenoxy) is 1. The first-order valence-electron chi connectivity index (χ1n) is 4.52. The zero-order chi connectivity index (χ0) is 10.7. The maximum Gasteiger partial charge on any atom is 0.319 e. The predicted molar refractivity (Wildman–Crippen MR) is 51.3 cm³/mol. The summed E-state index contributed by atoms with van der Waals surface area (Å²) in [6.07, 6.45) is 1.04. The van der Waals surface area contributed by atoms with Gasteiger partial charge in [-0.15, -0.1) is 0 Å². The van der Waals surface area contributed by atoms with Gasteiger partial charge in [0.2, 0.25) is 0 Å². The summed E-state index contributed by atoms with van der Waals surface area (Å²) >= 11 is 0. The average molecular weight is 189 g/mol. The molecule has 0 heterocycles. The van der Waals surface area contributed by atoms with E-state index in [1.165, 1.54) is 6.92 Å². The molecule has 0 atom stereocenters. The highest BCUT2D eigenvalue weighted by Gasteiger charge is 1.98. The summed E-state index contributed by atoms with van der Waals surface area (Å²) in [5, 5.41) is 0. The third-order valence-corrected chi connectivity index (χ3v) is 1.10. The van der Waals surface area contributed by atoms with Crippen LogP contribution in [0.5, 0.6) is 0 Å². The second kappa shape index (κ2) is 11.1. The standard InChI is InChI=1S/C7H13NO3.C2H6/c1-6(9)3-2-4-11-7(10)5-8;1-2/h2-5,8H2,1H3;1-2H3. The maximum absolute atomic E-state index is 10.4. The molecule has 0 bridgehead atoms. The van der Waals surface area contributed by atoms with Crippen molar-refractivity contribution in [3.8, 4) is 0 Å². The highest BCUT2D eigenvalue weighted by atomic mass is 16.5. The van der Waals surface area contributed by atoms with Gasteiger partial charge in [-0.25, -0.2) is 0 Å². The number of esters is 1. The van der Waals surface area contributed by atoms with E-state index in [9.17, 15) is 9.59 Å². The smallest absolute Gasteiger partial charge is 0.319 e. The second-order valence-corrected chi connectivity index (χ2v) is 2.23. The molecule has 0 fully saturated rings. The highest BCUT2D eigenvalue weighted by Crippen LogP contribution is 1.90. The molecular weight excluding hydrogens is 170 g/mol. The first-order chi connectivity index (χ1) is 6.16. The third-order valence-electron chi connectivity index (χ3n) is 1.10. The van der Waals surface area contributed by atoms with E-state index >= 15 is 0 Å². The molecule has 0 aliphatic heterocycles. The quantitative estimate of drug-likeness (QED) is 0.515. The van der Waals surface area contributed by atoms with Crippen molar-refractivity contribution in [1.29, 1.82) is 0 Å². The van der Waals surface area contributed by atoms with Crippen LogP contribution < -0.4 is 5.73 Å². The number of Topliss-reactive ketones (excluding diaryl/α,β-unsaturated/α-hetero) is 1. The number of hydrogen-bond acceptors (Lipinski definition) is 4. The topological polar surface area (TPSA) is 69.4 Å². The van der Waals surface area contributed by atoms with E-state index in [1.807, 2.05) is 13.8 Å². The number of hydrogen-bond donors (Lipinski definition) is 1. The van der Waals surface area contributed by atoms with Crippen LogP contribution in [0.4, 0.5) is 0 Å². The molecule has 0 aromatic carbocycles. The predicted octanol–water partition coefficient (Wildman–Crippen LogP) is 0.884. The third kappa shape index (κ3) is 14.0. The van der Waals surface area contributed by atoms with Crippen molar-refractivity contribution in [3.05, 3.63) is 0 Å². The Kier molecular flexibility index (Phi) is 12.5. The number of carbonyl (C=O) groups excluding carboxylic acids is 2. The van der Waals surface area contributed by atoms with Crippen molar-refractivity contribution in [3.63, 3.8) is 0 Å². The molecule has 0 unspecified atom stereocenters. The van der Waals surface area contributed by atoms with Crippen molar-refractivity contribution >= 4 is 11.8 Å². The zero-order valence-electron chi connectivity index (χ0n) is 8.63. The lowest BCUT2D eigenvalue weighted by Gasteiger charge is -2.00. The van der Waals surface area contributed by atoms with E-state index in [2.05, 4.69) is 4.74 Å². The van der Waals surface area contributed by atoms with Crippen LogP contribution in [0, 0.1) is 0 Å².